The van der Waals surface area contributed by atoms with E-state index in [0.29, 0.717) is 45.7 Å². The predicted octanol–water partition coefficient (Wildman–Crippen LogP) is 2.61. The molecule has 0 N–H and O–H groups in total. The first kappa shape index (κ1) is 22.6. The number of nitrogens with zero attached hydrogens (tertiary/aromatic N) is 4. The molecule has 3 aliphatic rings. The highest BCUT2D eigenvalue weighted by Gasteiger charge is 2.33. The number of likely N-dealkylation sites (tertiary alicyclic amines) is 2. The predicted molar refractivity (Wildman–Crippen MR) is 123 cm³/mol. The van der Waals surface area contributed by atoms with Crippen LogP contribution in [0, 0.1) is 5.92 Å². The second-order valence-electron chi connectivity index (χ2n) is 9.28. The third-order valence-electron chi connectivity index (χ3n) is 7.13. The summed E-state index contributed by atoms with van der Waals surface area (Å²) in [5.74, 6) is 0.405. The molecule has 3 saturated heterocycles. The van der Waals surface area contributed by atoms with Crippen LogP contribution in [0.1, 0.15) is 44.1 Å². The molecule has 4 amide bonds. The number of piperidine rings is 1. The van der Waals surface area contributed by atoms with Gasteiger partial charge in [0.05, 0.1) is 0 Å². The van der Waals surface area contributed by atoms with Crippen LogP contribution < -0.4 is 0 Å². The van der Waals surface area contributed by atoms with Crippen molar-refractivity contribution in [2.45, 2.75) is 44.9 Å². The van der Waals surface area contributed by atoms with Crippen LogP contribution in [0.15, 0.2) is 30.3 Å². The van der Waals surface area contributed by atoms with Crippen LogP contribution in [-0.4, -0.2) is 89.8 Å². The molecule has 0 aromatic heterocycles. The molecule has 32 heavy (non-hydrogen) atoms. The van der Waals surface area contributed by atoms with Gasteiger partial charge in [0, 0.05) is 64.7 Å². The summed E-state index contributed by atoms with van der Waals surface area (Å²) in [6, 6.07) is 10.4. The average Bonchev–Trinajstić information content (AvgIpc) is 3.39. The molecule has 0 unspecified atom stereocenters. The normalized spacial score (nSPS) is 20.0. The quantitative estimate of drug-likeness (QED) is 0.707. The molecule has 0 aliphatic carbocycles. The van der Waals surface area contributed by atoms with Crippen molar-refractivity contribution >= 4 is 17.8 Å². The number of aryl methyl sites for hydroxylation is 1. The molecule has 3 heterocycles. The van der Waals surface area contributed by atoms with Gasteiger partial charge in [-0.05, 0) is 44.1 Å². The van der Waals surface area contributed by atoms with Crippen LogP contribution in [0.3, 0.4) is 0 Å². The Morgan fingerprint density at radius 2 is 1.31 bits per heavy atom. The number of amides is 4. The zero-order valence-electron chi connectivity index (χ0n) is 19.1. The maximum absolute atomic E-state index is 13.0. The Kier molecular flexibility index (Phi) is 7.66. The molecule has 3 fully saturated rings. The van der Waals surface area contributed by atoms with E-state index in [0.717, 1.165) is 51.6 Å². The summed E-state index contributed by atoms with van der Waals surface area (Å²) in [7, 11) is 0. The summed E-state index contributed by atoms with van der Waals surface area (Å²) in [5, 5.41) is 0. The summed E-state index contributed by atoms with van der Waals surface area (Å²) in [6.45, 7) is 5.58. The number of carbonyl (C=O) groups excluding carboxylic acids is 3. The van der Waals surface area contributed by atoms with Crippen LogP contribution in [0.5, 0.6) is 0 Å². The third kappa shape index (κ3) is 5.61. The fourth-order valence-electron chi connectivity index (χ4n) is 5.11. The second kappa shape index (κ2) is 10.8. The Balaban J connectivity index is 1.15. The highest BCUT2D eigenvalue weighted by Crippen LogP contribution is 2.23. The van der Waals surface area contributed by atoms with Crippen LogP contribution in [0.4, 0.5) is 4.79 Å². The van der Waals surface area contributed by atoms with E-state index in [9.17, 15) is 14.4 Å². The van der Waals surface area contributed by atoms with Gasteiger partial charge in [-0.15, -0.1) is 0 Å². The van der Waals surface area contributed by atoms with Crippen molar-refractivity contribution in [3.05, 3.63) is 35.9 Å². The Labute approximate surface area is 191 Å². The minimum atomic E-state index is 0.00533. The number of hydrogen-bond donors (Lipinski definition) is 0. The van der Waals surface area contributed by atoms with Crippen LogP contribution in [0.25, 0.3) is 0 Å². The summed E-state index contributed by atoms with van der Waals surface area (Å²) in [5.41, 5.74) is 1.27. The number of benzene rings is 1. The molecule has 4 rings (SSSR count). The number of carbonyl (C=O) groups is 3. The van der Waals surface area contributed by atoms with Gasteiger partial charge >= 0.3 is 6.03 Å². The van der Waals surface area contributed by atoms with Gasteiger partial charge in [-0.25, -0.2) is 4.79 Å². The van der Waals surface area contributed by atoms with Crippen molar-refractivity contribution in [3.63, 3.8) is 0 Å². The Morgan fingerprint density at radius 3 is 1.97 bits per heavy atom. The summed E-state index contributed by atoms with van der Waals surface area (Å²) in [6.07, 6.45) is 6.03. The van der Waals surface area contributed by atoms with E-state index in [4.69, 9.17) is 0 Å². The molecule has 0 bridgehead atoms. The van der Waals surface area contributed by atoms with E-state index in [1.54, 1.807) is 0 Å². The molecule has 1 aromatic carbocycles. The molecule has 0 radical (unpaired) electrons. The zero-order valence-corrected chi connectivity index (χ0v) is 19.1. The topological polar surface area (TPSA) is 64.2 Å². The lowest BCUT2D eigenvalue weighted by Gasteiger charge is -2.39. The van der Waals surface area contributed by atoms with E-state index >= 15 is 0 Å². The van der Waals surface area contributed by atoms with Gasteiger partial charge in [0.15, 0.2) is 0 Å². The van der Waals surface area contributed by atoms with E-state index in [2.05, 4.69) is 12.1 Å². The van der Waals surface area contributed by atoms with Crippen molar-refractivity contribution in [1.82, 2.24) is 19.6 Å². The molecule has 7 heteroatoms. The van der Waals surface area contributed by atoms with Crippen molar-refractivity contribution in [2.24, 2.45) is 5.92 Å². The van der Waals surface area contributed by atoms with E-state index in [-0.39, 0.29) is 23.8 Å². The summed E-state index contributed by atoms with van der Waals surface area (Å²) < 4.78 is 0. The number of rotatable bonds is 5. The first-order valence-corrected chi connectivity index (χ1v) is 12.3. The molecule has 0 spiro atoms. The van der Waals surface area contributed by atoms with E-state index < -0.39 is 0 Å². The second-order valence-corrected chi connectivity index (χ2v) is 9.28. The fraction of sp³-hybridized carbons (Fsp3) is 0.640. The van der Waals surface area contributed by atoms with Crippen LogP contribution in [0.2, 0.25) is 0 Å². The zero-order chi connectivity index (χ0) is 22.3. The fourth-order valence-corrected chi connectivity index (χ4v) is 5.11. The van der Waals surface area contributed by atoms with Crippen molar-refractivity contribution in [1.29, 1.82) is 0 Å². The van der Waals surface area contributed by atoms with Crippen molar-refractivity contribution in [2.75, 3.05) is 52.4 Å². The maximum Gasteiger partial charge on any atom is 0.319 e. The Bertz CT molecular complexity index is 778. The van der Waals surface area contributed by atoms with E-state index in [1.165, 1.54) is 5.56 Å². The van der Waals surface area contributed by atoms with Crippen molar-refractivity contribution in [3.8, 4) is 0 Å². The lowest BCUT2D eigenvalue weighted by molar-refractivity contribution is -0.143. The average molecular weight is 441 g/mol. The maximum atomic E-state index is 13.0. The van der Waals surface area contributed by atoms with Crippen LogP contribution in [-0.2, 0) is 16.0 Å². The van der Waals surface area contributed by atoms with Gasteiger partial charge in [-0.1, -0.05) is 30.3 Å². The third-order valence-corrected chi connectivity index (χ3v) is 7.13. The number of urea groups is 1. The Hall–Kier alpha value is -2.57. The van der Waals surface area contributed by atoms with Gasteiger partial charge in [-0.2, -0.15) is 0 Å². The molecule has 3 aliphatic heterocycles. The smallest absolute Gasteiger partial charge is 0.319 e. The van der Waals surface area contributed by atoms with Gasteiger partial charge in [-0.3, -0.25) is 9.59 Å². The molecule has 0 saturated carbocycles. The van der Waals surface area contributed by atoms with Gasteiger partial charge in [0.25, 0.3) is 0 Å². The highest BCUT2D eigenvalue weighted by molar-refractivity contribution is 5.81. The van der Waals surface area contributed by atoms with E-state index in [1.807, 2.05) is 37.8 Å². The Morgan fingerprint density at radius 1 is 0.719 bits per heavy atom. The lowest BCUT2D eigenvalue weighted by Crippen LogP contribution is -2.53. The highest BCUT2D eigenvalue weighted by atomic mass is 16.2. The molecule has 174 valence electrons. The largest absolute Gasteiger partial charge is 0.339 e. The number of piperazine rings is 1. The first-order chi connectivity index (χ1) is 15.6. The first-order valence-electron chi connectivity index (χ1n) is 12.3. The summed E-state index contributed by atoms with van der Waals surface area (Å²) >= 11 is 0. The minimum absolute atomic E-state index is 0.00533. The number of hydrogen-bond acceptors (Lipinski definition) is 3. The lowest BCUT2D eigenvalue weighted by atomic mass is 9.95. The molecule has 0 atom stereocenters. The van der Waals surface area contributed by atoms with Gasteiger partial charge in [0.2, 0.25) is 11.8 Å². The molecular formula is C25H36N4O3. The van der Waals surface area contributed by atoms with Gasteiger partial charge < -0.3 is 19.6 Å². The molecule has 7 nitrogen and oxygen atoms in total. The van der Waals surface area contributed by atoms with Crippen molar-refractivity contribution < 1.29 is 14.4 Å². The SMILES string of the molecule is O=C(CCCc1ccccc1)N1CCN(C(=O)C2CCN(C(=O)N3CCCC3)CC2)CC1. The van der Waals surface area contributed by atoms with Gasteiger partial charge in [0.1, 0.15) is 0 Å². The standard InChI is InChI=1S/C25H36N4O3/c30-23(10-6-9-21-7-2-1-3-8-21)26-17-19-27(20-18-26)24(31)22-11-15-29(16-12-22)25(32)28-13-4-5-14-28/h1-3,7-8,22H,4-6,9-20H2. The molecular weight excluding hydrogens is 404 g/mol. The summed E-state index contributed by atoms with van der Waals surface area (Å²) in [4.78, 5) is 45.8. The van der Waals surface area contributed by atoms with Crippen LogP contribution >= 0.6 is 0 Å². The minimum Gasteiger partial charge on any atom is -0.339 e. The molecule has 1 aromatic rings. The monoisotopic (exact) mass is 440 g/mol.